The summed E-state index contributed by atoms with van der Waals surface area (Å²) in [6, 6.07) is 1.31. The van der Waals surface area contributed by atoms with Gasteiger partial charge in [0.2, 0.25) is 0 Å². The van der Waals surface area contributed by atoms with E-state index in [1.165, 1.54) is 6.92 Å². The standard InChI is InChI=1S/C11H11F3O/c1-6(15)11(2-3-11)10-8(13)4-7(12)5-9(10)14/h4-6,15H,2-3H2,1H3. The molecule has 2 rings (SSSR count). The van der Waals surface area contributed by atoms with Gasteiger partial charge in [0.15, 0.2) is 0 Å². The molecule has 0 bridgehead atoms. The van der Waals surface area contributed by atoms with E-state index in [1.807, 2.05) is 0 Å². The van der Waals surface area contributed by atoms with Gasteiger partial charge in [0.1, 0.15) is 17.5 Å². The smallest absolute Gasteiger partial charge is 0.132 e. The van der Waals surface area contributed by atoms with Crippen LogP contribution in [0.5, 0.6) is 0 Å². The first-order valence-electron chi connectivity index (χ1n) is 4.80. The summed E-state index contributed by atoms with van der Waals surface area (Å²) in [5, 5.41) is 9.49. The normalized spacial score (nSPS) is 20.1. The van der Waals surface area contributed by atoms with Crippen LogP contribution in [0.2, 0.25) is 0 Å². The van der Waals surface area contributed by atoms with Gasteiger partial charge >= 0.3 is 0 Å². The second kappa shape index (κ2) is 3.23. The molecule has 1 aliphatic rings. The fourth-order valence-corrected chi connectivity index (χ4v) is 2.03. The van der Waals surface area contributed by atoms with Crippen molar-refractivity contribution in [3.8, 4) is 0 Å². The zero-order valence-electron chi connectivity index (χ0n) is 8.23. The van der Waals surface area contributed by atoms with Gasteiger partial charge in [0, 0.05) is 23.1 Å². The maximum atomic E-state index is 13.4. The van der Waals surface area contributed by atoms with E-state index in [9.17, 15) is 18.3 Å². The molecular formula is C11H11F3O. The van der Waals surface area contributed by atoms with Gasteiger partial charge in [0.05, 0.1) is 6.10 Å². The Morgan fingerprint density at radius 1 is 1.20 bits per heavy atom. The van der Waals surface area contributed by atoms with E-state index in [2.05, 4.69) is 0 Å². The molecular weight excluding hydrogens is 205 g/mol. The van der Waals surface area contributed by atoms with E-state index in [4.69, 9.17) is 0 Å². The van der Waals surface area contributed by atoms with Crippen LogP contribution in [0.4, 0.5) is 13.2 Å². The lowest BCUT2D eigenvalue weighted by Crippen LogP contribution is -2.25. The van der Waals surface area contributed by atoms with Crippen LogP contribution in [0, 0.1) is 17.5 Å². The van der Waals surface area contributed by atoms with Gasteiger partial charge in [-0.1, -0.05) is 0 Å². The van der Waals surface area contributed by atoms with E-state index in [0.717, 1.165) is 0 Å². The summed E-state index contributed by atoms with van der Waals surface area (Å²) in [6.45, 7) is 1.50. The van der Waals surface area contributed by atoms with Gasteiger partial charge in [0.25, 0.3) is 0 Å². The van der Waals surface area contributed by atoms with Gasteiger partial charge < -0.3 is 5.11 Å². The van der Waals surface area contributed by atoms with Crippen molar-refractivity contribution >= 4 is 0 Å². The van der Waals surface area contributed by atoms with Crippen molar-refractivity contribution < 1.29 is 18.3 Å². The average Bonchev–Trinajstić information content (AvgIpc) is 2.83. The Morgan fingerprint density at radius 2 is 1.67 bits per heavy atom. The maximum absolute atomic E-state index is 13.4. The molecule has 1 fully saturated rings. The topological polar surface area (TPSA) is 20.2 Å². The summed E-state index contributed by atoms with van der Waals surface area (Å²) >= 11 is 0. The van der Waals surface area contributed by atoms with Crippen molar-refractivity contribution in [3.63, 3.8) is 0 Å². The minimum Gasteiger partial charge on any atom is -0.392 e. The third kappa shape index (κ3) is 1.53. The van der Waals surface area contributed by atoms with Crippen LogP contribution in [-0.2, 0) is 5.41 Å². The number of aliphatic hydroxyl groups is 1. The Morgan fingerprint density at radius 3 is 2.00 bits per heavy atom. The molecule has 0 aliphatic heterocycles. The first-order chi connectivity index (χ1) is 6.97. The Bertz CT molecular complexity index is 374. The third-order valence-electron chi connectivity index (χ3n) is 3.09. The fourth-order valence-electron chi connectivity index (χ4n) is 2.03. The van der Waals surface area contributed by atoms with E-state index in [0.29, 0.717) is 25.0 Å². The number of benzene rings is 1. The van der Waals surface area contributed by atoms with Crippen LogP contribution in [0.25, 0.3) is 0 Å². The lowest BCUT2D eigenvalue weighted by Gasteiger charge is -2.20. The highest BCUT2D eigenvalue weighted by Gasteiger charge is 2.51. The first kappa shape index (κ1) is 10.5. The minimum atomic E-state index is -0.935. The lowest BCUT2D eigenvalue weighted by molar-refractivity contribution is 0.146. The summed E-state index contributed by atoms with van der Waals surface area (Å²) in [4.78, 5) is 0. The van der Waals surface area contributed by atoms with E-state index < -0.39 is 29.0 Å². The fraction of sp³-hybridized carbons (Fsp3) is 0.455. The first-order valence-corrected chi connectivity index (χ1v) is 4.80. The van der Waals surface area contributed by atoms with Crippen LogP contribution in [0.15, 0.2) is 12.1 Å². The summed E-state index contributed by atoms with van der Waals surface area (Å²) in [5.41, 5.74) is -1.03. The summed E-state index contributed by atoms with van der Waals surface area (Å²) in [5.74, 6) is -2.76. The summed E-state index contributed by atoms with van der Waals surface area (Å²) in [6.07, 6.45) is 0.237. The monoisotopic (exact) mass is 216 g/mol. The third-order valence-corrected chi connectivity index (χ3v) is 3.09. The number of hydrogen-bond donors (Lipinski definition) is 1. The van der Waals surface area contributed by atoms with Crippen LogP contribution in [0.3, 0.4) is 0 Å². The molecule has 15 heavy (non-hydrogen) atoms. The Balaban J connectivity index is 2.54. The summed E-state index contributed by atoms with van der Waals surface area (Å²) < 4.78 is 39.5. The molecule has 1 unspecified atom stereocenters. The van der Waals surface area contributed by atoms with Gasteiger partial charge in [-0.3, -0.25) is 0 Å². The second-order valence-electron chi connectivity index (χ2n) is 4.08. The summed E-state index contributed by atoms with van der Waals surface area (Å²) in [7, 11) is 0. The van der Waals surface area contributed by atoms with E-state index in [-0.39, 0.29) is 5.56 Å². The molecule has 1 saturated carbocycles. The predicted molar refractivity (Wildman–Crippen MR) is 48.9 cm³/mol. The van der Waals surface area contributed by atoms with Crippen molar-refractivity contribution in [1.82, 2.24) is 0 Å². The maximum Gasteiger partial charge on any atom is 0.132 e. The highest BCUT2D eigenvalue weighted by molar-refractivity contribution is 5.35. The molecule has 0 saturated heterocycles. The van der Waals surface area contributed by atoms with Crippen LogP contribution in [-0.4, -0.2) is 11.2 Å². The predicted octanol–water partition coefficient (Wildman–Crippen LogP) is 2.52. The zero-order chi connectivity index (χ0) is 11.2. The van der Waals surface area contributed by atoms with Gasteiger partial charge in [-0.2, -0.15) is 0 Å². The molecule has 1 aromatic rings. The van der Waals surface area contributed by atoms with Crippen molar-refractivity contribution in [1.29, 1.82) is 0 Å². The van der Waals surface area contributed by atoms with Crippen molar-refractivity contribution in [2.24, 2.45) is 0 Å². The molecule has 1 N–H and O–H groups in total. The molecule has 0 amide bonds. The molecule has 0 spiro atoms. The van der Waals surface area contributed by atoms with Crippen LogP contribution < -0.4 is 0 Å². The molecule has 1 aliphatic carbocycles. The van der Waals surface area contributed by atoms with Gasteiger partial charge in [-0.15, -0.1) is 0 Å². The van der Waals surface area contributed by atoms with Crippen LogP contribution >= 0.6 is 0 Å². The molecule has 4 heteroatoms. The highest BCUT2D eigenvalue weighted by Crippen LogP contribution is 2.52. The SMILES string of the molecule is CC(O)C1(c2c(F)cc(F)cc2F)CC1. The van der Waals surface area contributed by atoms with E-state index in [1.54, 1.807) is 0 Å². The van der Waals surface area contributed by atoms with Crippen molar-refractivity contribution in [2.75, 3.05) is 0 Å². The average molecular weight is 216 g/mol. The molecule has 0 radical (unpaired) electrons. The number of halogens is 3. The number of rotatable bonds is 2. The molecule has 1 aromatic carbocycles. The molecule has 1 nitrogen and oxygen atoms in total. The lowest BCUT2D eigenvalue weighted by atomic mass is 9.90. The Labute approximate surface area is 85.5 Å². The number of hydrogen-bond acceptors (Lipinski definition) is 1. The van der Waals surface area contributed by atoms with Gasteiger partial charge in [-0.05, 0) is 19.8 Å². The molecule has 0 heterocycles. The van der Waals surface area contributed by atoms with Crippen molar-refractivity contribution in [3.05, 3.63) is 35.1 Å². The second-order valence-corrected chi connectivity index (χ2v) is 4.08. The Hall–Kier alpha value is -1.03. The van der Waals surface area contributed by atoms with Crippen LogP contribution in [0.1, 0.15) is 25.3 Å². The minimum absolute atomic E-state index is 0.182. The molecule has 82 valence electrons. The number of aliphatic hydroxyl groups excluding tert-OH is 1. The zero-order valence-corrected chi connectivity index (χ0v) is 8.23. The quantitative estimate of drug-likeness (QED) is 0.805. The molecule has 1 atom stereocenters. The molecule has 0 aromatic heterocycles. The highest BCUT2D eigenvalue weighted by atomic mass is 19.1. The Kier molecular flexibility index (Phi) is 2.26. The van der Waals surface area contributed by atoms with E-state index >= 15 is 0 Å². The van der Waals surface area contributed by atoms with Gasteiger partial charge in [-0.25, -0.2) is 13.2 Å². The van der Waals surface area contributed by atoms with Crippen molar-refractivity contribution in [2.45, 2.75) is 31.3 Å². The largest absolute Gasteiger partial charge is 0.392 e.